The minimum Gasteiger partial charge on any atom is -0.310 e. The molecule has 0 unspecified atom stereocenters. The normalized spacial score (nSPS) is 11.3. The van der Waals surface area contributed by atoms with Crippen LogP contribution >= 0.6 is 0 Å². The fourth-order valence-electron chi connectivity index (χ4n) is 8.04. The monoisotopic (exact) mass is 688 g/mol. The summed E-state index contributed by atoms with van der Waals surface area (Å²) in [4.78, 5) is 2.37. The predicted octanol–water partition coefficient (Wildman–Crippen LogP) is 14.4. The maximum Gasteiger partial charge on any atom is 0.0541 e. The summed E-state index contributed by atoms with van der Waals surface area (Å²) >= 11 is 0. The summed E-state index contributed by atoms with van der Waals surface area (Å²) in [7, 11) is 0. The summed E-state index contributed by atoms with van der Waals surface area (Å²) in [6, 6.07) is 78.8. The first-order valence-electron chi connectivity index (χ1n) is 18.5. The van der Waals surface area contributed by atoms with Crippen LogP contribution in [0.4, 0.5) is 17.1 Å². The van der Waals surface area contributed by atoms with Crippen molar-refractivity contribution < 1.29 is 0 Å². The Bertz CT molecular complexity index is 2880. The van der Waals surface area contributed by atoms with Gasteiger partial charge in [-0.05, 0) is 93.7 Å². The number of para-hydroxylation sites is 5. The summed E-state index contributed by atoms with van der Waals surface area (Å²) in [6.07, 6.45) is 0. The van der Waals surface area contributed by atoms with Crippen molar-refractivity contribution in [3.05, 3.63) is 218 Å². The van der Waals surface area contributed by atoms with E-state index >= 15 is 0 Å². The van der Waals surface area contributed by atoms with Crippen molar-refractivity contribution in [3.8, 4) is 39.1 Å². The van der Waals surface area contributed by atoms with Crippen LogP contribution in [0.25, 0.3) is 71.6 Å². The Morgan fingerprint density at radius 3 is 1.65 bits per heavy atom. The van der Waals surface area contributed by atoms with Crippen LogP contribution in [0.1, 0.15) is 0 Å². The second-order valence-corrected chi connectivity index (χ2v) is 13.8. The van der Waals surface area contributed by atoms with Crippen molar-refractivity contribution in [2.45, 2.75) is 0 Å². The topological polar surface area (TPSA) is 8.17 Å². The summed E-state index contributed by atoms with van der Waals surface area (Å²) in [5.41, 5.74) is 14.1. The second-order valence-electron chi connectivity index (χ2n) is 13.8. The molecule has 10 rings (SSSR count). The number of aromatic nitrogens is 1. The number of hydrogen-bond donors (Lipinski definition) is 0. The molecular formula is C52H36N2. The van der Waals surface area contributed by atoms with E-state index in [-0.39, 0.29) is 0 Å². The zero-order chi connectivity index (χ0) is 35.8. The van der Waals surface area contributed by atoms with E-state index in [0.29, 0.717) is 0 Å². The van der Waals surface area contributed by atoms with Crippen molar-refractivity contribution in [1.29, 1.82) is 0 Å². The molecule has 54 heavy (non-hydrogen) atoms. The van der Waals surface area contributed by atoms with E-state index in [9.17, 15) is 0 Å². The molecule has 0 N–H and O–H groups in total. The maximum absolute atomic E-state index is 2.41. The van der Waals surface area contributed by atoms with Crippen LogP contribution in [-0.2, 0) is 0 Å². The highest BCUT2D eigenvalue weighted by molar-refractivity contribution is 6.09. The Kier molecular flexibility index (Phi) is 7.85. The zero-order valence-electron chi connectivity index (χ0n) is 29.7. The molecule has 0 amide bonds. The molecule has 0 aliphatic carbocycles. The van der Waals surface area contributed by atoms with Gasteiger partial charge >= 0.3 is 0 Å². The van der Waals surface area contributed by atoms with E-state index in [2.05, 4.69) is 228 Å². The molecule has 0 spiro atoms. The lowest BCUT2D eigenvalue weighted by atomic mass is 9.97. The number of rotatable bonds is 7. The minimum atomic E-state index is 1.10. The average molecular weight is 689 g/mol. The van der Waals surface area contributed by atoms with Crippen molar-refractivity contribution in [2.75, 3.05) is 4.90 Å². The number of hydrogen-bond acceptors (Lipinski definition) is 1. The highest BCUT2D eigenvalue weighted by atomic mass is 15.1. The first kappa shape index (κ1) is 31.6. The lowest BCUT2D eigenvalue weighted by molar-refractivity contribution is 1.18. The van der Waals surface area contributed by atoms with Gasteiger partial charge in [0.1, 0.15) is 0 Å². The van der Waals surface area contributed by atoms with Crippen molar-refractivity contribution in [1.82, 2.24) is 4.57 Å². The number of nitrogens with zero attached hydrogens (tertiary/aromatic N) is 2. The van der Waals surface area contributed by atoms with Gasteiger partial charge in [-0.1, -0.05) is 158 Å². The Hall–Kier alpha value is -7.16. The lowest BCUT2D eigenvalue weighted by Gasteiger charge is -2.28. The smallest absolute Gasteiger partial charge is 0.0541 e. The first-order chi connectivity index (χ1) is 26.8. The van der Waals surface area contributed by atoms with E-state index in [1.807, 2.05) is 0 Å². The molecule has 0 bridgehead atoms. The van der Waals surface area contributed by atoms with Gasteiger partial charge in [-0.25, -0.2) is 0 Å². The molecule has 254 valence electrons. The molecule has 1 aromatic heterocycles. The third-order valence-corrected chi connectivity index (χ3v) is 10.6. The van der Waals surface area contributed by atoms with E-state index < -0.39 is 0 Å². The van der Waals surface area contributed by atoms with Gasteiger partial charge in [0.05, 0.1) is 22.4 Å². The predicted molar refractivity (Wildman–Crippen MR) is 229 cm³/mol. The van der Waals surface area contributed by atoms with Gasteiger partial charge in [0.15, 0.2) is 0 Å². The average Bonchev–Trinajstić information content (AvgIpc) is 3.59. The fourth-order valence-corrected chi connectivity index (χ4v) is 8.04. The highest BCUT2D eigenvalue weighted by Crippen LogP contribution is 2.42. The Balaban J connectivity index is 1.04. The fraction of sp³-hybridized carbons (Fsp3) is 0. The van der Waals surface area contributed by atoms with Crippen LogP contribution < -0.4 is 4.90 Å². The minimum absolute atomic E-state index is 1.10. The van der Waals surface area contributed by atoms with Gasteiger partial charge in [0.2, 0.25) is 0 Å². The number of benzene rings is 9. The molecule has 10 aromatic rings. The summed E-state index contributed by atoms with van der Waals surface area (Å²) < 4.78 is 2.41. The van der Waals surface area contributed by atoms with E-state index in [1.54, 1.807) is 0 Å². The molecule has 1 heterocycles. The van der Waals surface area contributed by atoms with Gasteiger partial charge in [-0.2, -0.15) is 0 Å². The Morgan fingerprint density at radius 2 is 0.870 bits per heavy atom. The highest BCUT2D eigenvalue weighted by Gasteiger charge is 2.18. The molecule has 2 nitrogen and oxygen atoms in total. The standard InChI is InChI=1S/C52H36N2/c1-2-19-43(20-3-1)53(49-25-10-6-22-46(49)42-30-29-37-15-4-5-16-39(37)36-42)44-33-31-38(32-34-44)40-17-14-18-41(35-40)45-21-7-11-26-50(45)54-51-27-12-8-23-47(51)48-24-9-13-28-52(48)54/h1-36H. The van der Waals surface area contributed by atoms with Crippen molar-refractivity contribution in [3.63, 3.8) is 0 Å². The molecule has 0 fully saturated rings. The molecule has 0 atom stereocenters. The second kappa shape index (κ2) is 13.4. The van der Waals surface area contributed by atoms with E-state index in [0.717, 1.165) is 17.1 Å². The summed E-state index contributed by atoms with van der Waals surface area (Å²) in [6.45, 7) is 0. The molecule has 0 radical (unpaired) electrons. The first-order valence-corrected chi connectivity index (χ1v) is 18.5. The van der Waals surface area contributed by atoms with Crippen molar-refractivity contribution in [2.24, 2.45) is 0 Å². The molecule has 2 heteroatoms. The Labute approximate surface area is 315 Å². The third-order valence-electron chi connectivity index (χ3n) is 10.6. The van der Waals surface area contributed by atoms with Gasteiger partial charge in [0, 0.05) is 33.3 Å². The number of anilines is 3. The van der Waals surface area contributed by atoms with Crippen molar-refractivity contribution >= 4 is 49.6 Å². The van der Waals surface area contributed by atoms with E-state index in [4.69, 9.17) is 0 Å². The number of fused-ring (bicyclic) bond motifs is 4. The summed E-state index contributed by atoms with van der Waals surface area (Å²) in [5.74, 6) is 0. The largest absolute Gasteiger partial charge is 0.310 e. The Morgan fingerprint density at radius 1 is 0.315 bits per heavy atom. The van der Waals surface area contributed by atoms with Gasteiger partial charge in [-0.15, -0.1) is 0 Å². The molecule has 0 saturated carbocycles. The summed E-state index contributed by atoms with van der Waals surface area (Å²) in [5, 5.41) is 5.01. The van der Waals surface area contributed by atoms with Gasteiger partial charge < -0.3 is 9.47 Å². The quantitative estimate of drug-likeness (QED) is 0.162. The SMILES string of the molecule is c1ccc(N(c2ccc(-c3cccc(-c4ccccc4-n4c5ccccc5c5ccccc54)c3)cc2)c2ccccc2-c2ccc3ccccc3c2)cc1. The van der Waals surface area contributed by atoms with Crippen LogP contribution in [0.2, 0.25) is 0 Å². The maximum atomic E-state index is 2.41. The molecule has 0 saturated heterocycles. The molecule has 0 aliphatic heterocycles. The molecule has 0 aliphatic rings. The van der Waals surface area contributed by atoms with Crippen LogP contribution in [-0.4, -0.2) is 4.57 Å². The molecular weight excluding hydrogens is 653 g/mol. The van der Waals surface area contributed by atoms with Gasteiger partial charge in [-0.3, -0.25) is 0 Å². The van der Waals surface area contributed by atoms with Crippen LogP contribution in [0.3, 0.4) is 0 Å². The van der Waals surface area contributed by atoms with Crippen LogP contribution in [0.5, 0.6) is 0 Å². The van der Waals surface area contributed by atoms with Crippen LogP contribution in [0.15, 0.2) is 218 Å². The zero-order valence-corrected chi connectivity index (χ0v) is 29.7. The lowest BCUT2D eigenvalue weighted by Crippen LogP contribution is -2.11. The van der Waals surface area contributed by atoms with Gasteiger partial charge in [0.25, 0.3) is 0 Å². The molecule has 9 aromatic carbocycles. The van der Waals surface area contributed by atoms with E-state index in [1.165, 1.54) is 71.6 Å². The van der Waals surface area contributed by atoms with Crippen LogP contribution in [0, 0.1) is 0 Å². The third kappa shape index (κ3) is 5.53.